The van der Waals surface area contributed by atoms with Gasteiger partial charge in [0.25, 0.3) is 5.91 Å². The predicted octanol–water partition coefficient (Wildman–Crippen LogP) is 0.927. The fourth-order valence-corrected chi connectivity index (χ4v) is 2.74. The number of aromatic amines is 1. The number of carbonyl (C=O) groups excluding carboxylic acids is 1. The van der Waals surface area contributed by atoms with E-state index in [1.165, 1.54) is 0 Å². The smallest absolute Gasteiger partial charge is 0.270 e. The topological polar surface area (TPSA) is 72.4 Å². The van der Waals surface area contributed by atoms with E-state index in [4.69, 9.17) is 10.00 Å². The molecule has 1 saturated heterocycles. The minimum atomic E-state index is -0.0631. The molecule has 1 fully saturated rings. The van der Waals surface area contributed by atoms with Crippen molar-refractivity contribution < 1.29 is 9.53 Å². The maximum absolute atomic E-state index is 12.3. The Morgan fingerprint density at radius 1 is 1.67 bits per heavy atom. The zero-order valence-electron chi connectivity index (χ0n) is 12.6. The molecule has 114 valence electrons. The Hall–Kier alpha value is -1.84. The molecule has 1 aromatic rings. The second kappa shape index (κ2) is 7.25. The lowest BCUT2D eigenvalue weighted by molar-refractivity contribution is 0.0767. The van der Waals surface area contributed by atoms with Crippen molar-refractivity contribution in [3.63, 3.8) is 0 Å². The number of amides is 1. The normalized spacial score (nSPS) is 18.6. The van der Waals surface area contributed by atoms with E-state index in [1.807, 2.05) is 13.1 Å². The van der Waals surface area contributed by atoms with E-state index in [1.54, 1.807) is 24.3 Å². The number of aromatic nitrogens is 1. The highest BCUT2D eigenvalue weighted by molar-refractivity contribution is 5.92. The lowest BCUT2D eigenvalue weighted by atomic mass is 10.1. The van der Waals surface area contributed by atoms with E-state index in [0.717, 1.165) is 39.2 Å². The minimum absolute atomic E-state index is 0.0631. The lowest BCUT2D eigenvalue weighted by Gasteiger charge is -2.21. The van der Waals surface area contributed by atoms with E-state index in [0.29, 0.717) is 17.2 Å². The summed E-state index contributed by atoms with van der Waals surface area (Å²) in [7, 11) is 3.53. The maximum Gasteiger partial charge on any atom is 0.270 e. The summed E-state index contributed by atoms with van der Waals surface area (Å²) in [5, 5.41) is 8.79. The van der Waals surface area contributed by atoms with Gasteiger partial charge in [-0.1, -0.05) is 0 Å². The van der Waals surface area contributed by atoms with Gasteiger partial charge in [-0.05, 0) is 24.9 Å². The van der Waals surface area contributed by atoms with Gasteiger partial charge in [0.1, 0.15) is 11.8 Å². The fraction of sp³-hybridized carbons (Fsp3) is 0.600. The molecule has 0 bridgehead atoms. The number of hydrogen-bond acceptors (Lipinski definition) is 4. The number of H-pyrrole nitrogens is 1. The summed E-state index contributed by atoms with van der Waals surface area (Å²) < 4.78 is 5.09. The summed E-state index contributed by atoms with van der Waals surface area (Å²) in [6, 6.07) is 3.61. The van der Waals surface area contributed by atoms with Crippen LogP contribution in [0, 0.1) is 17.2 Å². The molecule has 1 aliphatic rings. The van der Waals surface area contributed by atoms with Crippen molar-refractivity contribution in [2.24, 2.45) is 5.92 Å². The molecule has 0 unspecified atom stereocenters. The van der Waals surface area contributed by atoms with Gasteiger partial charge < -0.3 is 19.5 Å². The van der Waals surface area contributed by atoms with E-state index in [-0.39, 0.29) is 5.91 Å². The van der Waals surface area contributed by atoms with Gasteiger partial charge >= 0.3 is 0 Å². The molecule has 2 heterocycles. The number of nitrogens with zero attached hydrogens (tertiary/aromatic N) is 3. The molecule has 1 aromatic heterocycles. The van der Waals surface area contributed by atoms with Gasteiger partial charge in [0.15, 0.2) is 0 Å². The van der Waals surface area contributed by atoms with Gasteiger partial charge in [-0.25, -0.2) is 0 Å². The number of hydrogen-bond donors (Lipinski definition) is 1. The highest BCUT2D eigenvalue weighted by Gasteiger charge is 2.25. The molecule has 0 radical (unpaired) electrons. The summed E-state index contributed by atoms with van der Waals surface area (Å²) in [5.74, 6) is 0.438. The Morgan fingerprint density at radius 3 is 3.14 bits per heavy atom. The number of likely N-dealkylation sites (tertiary alicyclic amines) is 1. The first kappa shape index (κ1) is 15.5. The van der Waals surface area contributed by atoms with Crippen LogP contribution < -0.4 is 0 Å². The maximum atomic E-state index is 12.3. The second-order valence-corrected chi connectivity index (χ2v) is 5.55. The standard InChI is InChI=1S/C15H22N4O2/c1-18(15(20)14-7-13(8-16)9-17-14)10-12-3-4-19(11-12)5-6-21-2/h7,9,12,17H,3-6,10-11H2,1-2H3/t12-/m0/s1. The third kappa shape index (κ3) is 4.06. The van der Waals surface area contributed by atoms with E-state index < -0.39 is 0 Å². The molecule has 0 aromatic carbocycles. The molecular formula is C15H22N4O2. The van der Waals surface area contributed by atoms with Crippen molar-refractivity contribution in [1.29, 1.82) is 5.26 Å². The van der Waals surface area contributed by atoms with Crippen molar-refractivity contribution in [3.8, 4) is 6.07 Å². The zero-order valence-corrected chi connectivity index (χ0v) is 12.6. The van der Waals surface area contributed by atoms with Crippen LogP contribution in [0.1, 0.15) is 22.5 Å². The zero-order chi connectivity index (χ0) is 15.2. The van der Waals surface area contributed by atoms with Crippen molar-refractivity contribution in [2.75, 3.05) is 46.9 Å². The van der Waals surface area contributed by atoms with Crippen molar-refractivity contribution >= 4 is 5.91 Å². The van der Waals surface area contributed by atoms with E-state index in [2.05, 4.69) is 9.88 Å². The van der Waals surface area contributed by atoms with E-state index >= 15 is 0 Å². The van der Waals surface area contributed by atoms with Crippen molar-refractivity contribution in [3.05, 3.63) is 23.5 Å². The van der Waals surface area contributed by atoms with E-state index in [9.17, 15) is 4.79 Å². The number of methoxy groups -OCH3 is 1. The molecule has 6 heteroatoms. The Bertz CT molecular complexity index is 520. The molecule has 1 atom stereocenters. The van der Waals surface area contributed by atoms with Crippen LogP contribution in [0.3, 0.4) is 0 Å². The molecule has 2 rings (SSSR count). The first-order valence-electron chi connectivity index (χ1n) is 7.19. The molecule has 21 heavy (non-hydrogen) atoms. The van der Waals surface area contributed by atoms with Crippen LogP contribution in [0.4, 0.5) is 0 Å². The molecule has 1 N–H and O–H groups in total. The van der Waals surface area contributed by atoms with Crippen LogP contribution in [0.15, 0.2) is 12.3 Å². The van der Waals surface area contributed by atoms with Crippen LogP contribution in [0.25, 0.3) is 0 Å². The quantitative estimate of drug-likeness (QED) is 0.846. The number of rotatable bonds is 6. The molecular weight excluding hydrogens is 268 g/mol. The van der Waals surface area contributed by atoms with Crippen LogP contribution in [0.2, 0.25) is 0 Å². The molecule has 0 saturated carbocycles. The fourth-order valence-electron chi connectivity index (χ4n) is 2.74. The third-order valence-electron chi connectivity index (χ3n) is 3.90. The number of nitriles is 1. The SMILES string of the molecule is COCCN1CC[C@@H](CN(C)C(=O)c2cc(C#N)c[nH]2)C1. The Balaban J connectivity index is 1.83. The largest absolute Gasteiger partial charge is 0.383 e. The first-order chi connectivity index (χ1) is 10.1. The van der Waals surface area contributed by atoms with Gasteiger partial charge in [0.2, 0.25) is 0 Å². The number of nitrogens with one attached hydrogen (secondary N) is 1. The predicted molar refractivity (Wildman–Crippen MR) is 78.9 cm³/mol. The highest BCUT2D eigenvalue weighted by Crippen LogP contribution is 2.17. The van der Waals surface area contributed by atoms with Crippen molar-refractivity contribution in [2.45, 2.75) is 6.42 Å². The molecule has 6 nitrogen and oxygen atoms in total. The molecule has 1 amide bonds. The summed E-state index contributed by atoms with van der Waals surface area (Å²) in [6.45, 7) is 4.52. The molecule has 1 aliphatic heterocycles. The van der Waals surface area contributed by atoms with Crippen LogP contribution >= 0.6 is 0 Å². The Kier molecular flexibility index (Phi) is 5.37. The molecule has 0 spiro atoms. The monoisotopic (exact) mass is 290 g/mol. The second-order valence-electron chi connectivity index (χ2n) is 5.55. The third-order valence-corrected chi connectivity index (χ3v) is 3.90. The van der Waals surface area contributed by atoms with Gasteiger partial charge in [-0.15, -0.1) is 0 Å². The minimum Gasteiger partial charge on any atom is -0.383 e. The van der Waals surface area contributed by atoms with Gasteiger partial charge in [0.05, 0.1) is 12.2 Å². The van der Waals surface area contributed by atoms with Crippen LogP contribution in [0.5, 0.6) is 0 Å². The van der Waals surface area contributed by atoms with Crippen molar-refractivity contribution in [1.82, 2.24) is 14.8 Å². The highest BCUT2D eigenvalue weighted by atomic mass is 16.5. The average Bonchev–Trinajstić information content (AvgIpc) is 3.13. The summed E-state index contributed by atoms with van der Waals surface area (Å²) in [6.07, 6.45) is 2.67. The summed E-state index contributed by atoms with van der Waals surface area (Å²) in [4.78, 5) is 19.2. The Morgan fingerprint density at radius 2 is 2.48 bits per heavy atom. The lowest BCUT2D eigenvalue weighted by Crippen LogP contribution is -2.33. The molecule has 0 aliphatic carbocycles. The van der Waals surface area contributed by atoms with Gasteiger partial charge in [-0.2, -0.15) is 5.26 Å². The number of carbonyl (C=O) groups is 1. The van der Waals surface area contributed by atoms with Gasteiger partial charge in [-0.3, -0.25) is 4.79 Å². The van der Waals surface area contributed by atoms with Crippen LogP contribution in [-0.4, -0.2) is 67.6 Å². The summed E-state index contributed by atoms with van der Waals surface area (Å²) in [5.41, 5.74) is 0.960. The first-order valence-corrected chi connectivity index (χ1v) is 7.19. The average molecular weight is 290 g/mol. The van der Waals surface area contributed by atoms with Crippen LogP contribution in [-0.2, 0) is 4.74 Å². The summed E-state index contributed by atoms with van der Waals surface area (Å²) >= 11 is 0. The Labute approximate surface area is 125 Å². The number of ether oxygens (including phenoxy) is 1. The van der Waals surface area contributed by atoms with Gasteiger partial charge in [0, 0.05) is 40.0 Å².